The average Bonchev–Trinajstić information content (AvgIpc) is 2.62. The van der Waals surface area contributed by atoms with Crippen molar-refractivity contribution < 1.29 is 32.3 Å². The molecule has 0 unspecified atom stereocenters. The van der Waals surface area contributed by atoms with Crippen LogP contribution in [-0.2, 0) is 25.8 Å². The van der Waals surface area contributed by atoms with Crippen LogP contribution in [0.4, 0.5) is 0 Å². The fourth-order valence-electron chi connectivity index (χ4n) is 2.84. The van der Waals surface area contributed by atoms with Gasteiger partial charge in [0.05, 0.1) is 16.9 Å². The number of hydrogen-bond donors (Lipinski definition) is 1. The molecular formula is C20H16O8S. The molecule has 0 aliphatic rings. The van der Waals surface area contributed by atoms with Gasteiger partial charge in [-0.25, -0.2) is 13.2 Å². The number of carboxylic acid groups (broad SMARTS) is 1. The van der Waals surface area contributed by atoms with Gasteiger partial charge in [-0.3, -0.25) is 9.59 Å². The van der Waals surface area contributed by atoms with Gasteiger partial charge in [-0.15, -0.1) is 0 Å². The standard InChI is InChI=1S/C20H16O8S/c1-11(21)27-18-14(10-17(22)23)4-3-13-9-16(20(24)28-19(13)18)12-5-7-15(8-6-12)29(2,25)26/h3-9H,10H2,1-2H3,(H,22,23). The zero-order valence-corrected chi connectivity index (χ0v) is 16.3. The van der Waals surface area contributed by atoms with Gasteiger partial charge in [0.2, 0.25) is 0 Å². The van der Waals surface area contributed by atoms with Crippen LogP contribution in [0.25, 0.3) is 22.1 Å². The number of carboxylic acids is 1. The third kappa shape index (κ3) is 4.35. The van der Waals surface area contributed by atoms with E-state index in [9.17, 15) is 22.8 Å². The maximum absolute atomic E-state index is 12.5. The van der Waals surface area contributed by atoms with Crippen LogP contribution in [0.5, 0.6) is 5.75 Å². The molecule has 1 N–H and O–H groups in total. The summed E-state index contributed by atoms with van der Waals surface area (Å²) in [6.45, 7) is 1.15. The zero-order valence-electron chi connectivity index (χ0n) is 15.5. The number of sulfone groups is 1. The minimum atomic E-state index is -3.38. The van der Waals surface area contributed by atoms with Gasteiger partial charge in [-0.2, -0.15) is 0 Å². The molecule has 29 heavy (non-hydrogen) atoms. The number of benzene rings is 2. The summed E-state index contributed by atoms with van der Waals surface area (Å²) in [5.41, 5.74) is 0.0218. The highest BCUT2D eigenvalue weighted by Crippen LogP contribution is 2.32. The van der Waals surface area contributed by atoms with Crippen molar-refractivity contribution in [1.82, 2.24) is 0 Å². The molecule has 0 bridgehead atoms. The predicted molar refractivity (Wildman–Crippen MR) is 104 cm³/mol. The minimum absolute atomic E-state index is 0.0412. The first-order valence-electron chi connectivity index (χ1n) is 8.36. The zero-order chi connectivity index (χ0) is 21.3. The quantitative estimate of drug-likeness (QED) is 0.381. The highest BCUT2D eigenvalue weighted by atomic mass is 32.2. The molecule has 8 nitrogen and oxygen atoms in total. The topological polar surface area (TPSA) is 128 Å². The van der Waals surface area contributed by atoms with Crippen molar-refractivity contribution >= 4 is 32.7 Å². The first-order chi connectivity index (χ1) is 13.6. The van der Waals surface area contributed by atoms with Crippen LogP contribution in [0.2, 0.25) is 0 Å². The molecule has 0 saturated carbocycles. The lowest BCUT2D eigenvalue weighted by molar-refractivity contribution is -0.136. The van der Waals surface area contributed by atoms with Crippen LogP contribution in [0.1, 0.15) is 12.5 Å². The summed E-state index contributed by atoms with van der Waals surface area (Å²) in [5.74, 6) is -1.94. The Morgan fingerprint density at radius 2 is 1.76 bits per heavy atom. The third-order valence-electron chi connectivity index (χ3n) is 4.12. The van der Waals surface area contributed by atoms with Crippen molar-refractivity contribution in [2.75, 3.05) is 6.26 Å². The molecule has 0 spiro atoms. The van der Waals surface area contributed by atoms with Gasteiger partial charge in [0, 0.05) is 24.1 Å². The number of ether oxygens (including phenoxy) is 1. The second kappa shape index (κ2) is 7.51. The lowest BCUT2D eigenvalue weighted by Crippen LogP contribution is -2.10. The van der Waals surface area contributed by atoms with E-state index in [0.29, 0.717) is 10.9 Å². The van der Waals surface area contributed by atoms with Crippen LogP contribution < -0.4 is 10.4 Å². The number of hydrogen-bond acceptors (Lipinski definition) is 7. The number of carbonyl (C=O) groups excluding carboxylic acids is 1. The molecule has 0 atom stereocenters. The molecule has 1 heterocycles. The Bertz CT molecular complexity index is 1280. The molecule has 1 aromatic heterocycles. The van der Waals surface area contributed by atoms with E-state index in [1.54, 1.807) is 6.07 Å². The van der Waals surface area contributed by atoms with E-state index in [0.717, 1.165) is 13.2 Å². The van der Waals surface area contributed by atoms with Gasteiger partial charge in [-0.1, -0.05) is 24.3 Å². The molecule has 0 aliphatic carbocycles. The van der Waals surface area contributed by atoms with E-state index in [4.69, 9.17) is 14.3 Å². The second-order valence-electron chi connectivity index (χ2n) is 6.38. The molecule has 9 heteroatoms. The van der Waals surface area contributed by atoms with Crippen LogP contribution in [0.15, 0.2) is 56.6 Å². The highest BCUT2D eigenvalue weighted by Gasteiger charge is 2.18. The molecule has 0 fully saturated rings. The molecular weight excluding hydrogens is 400 g/mol. The number of fused-ring (bicyclic) bond motifs is 1. The first-order valence-corrected chi connectivity index (χ1v) is 10.3. The van der Waals surface area contributed by atoms with Crippen LogP contribution >= 0.6 is 0 Å². The molecule has 0 amide bonds. The van der Waals surface area contributed by atoms with Gasteiger partial charge in [0.25, 0.3) is 0 Å². The normalized spacial score (nSPS) is 11.4. The summed E-state index contributed by atoms with van der Waals surface area (Å²) in [6, 6.07) is 10.3. The number of carbonyl (C=O) groups is 2. The summed E-state index contributed by atoms with van der Waals surface area (Å²) in [5, 5.41) is 9.46. The summed E-state index contributed by atoms with van der Waals surface area (Å²) >= 11 is 0. The van der Waals surface area contributed by atoms with Crippen molar-refractivity contribution in [1.29, 1.82) is 0 Å². The Morgan fingerprint density at radius 1 is 1.10 bits per heavy atom. The van der Waals surface area contributed by atoms with Gasteiger partial charge in [0.1, 0.15) is 0 Å². The lowest BCUT2D eigenvalue weighted by atomic mass is 10.0. The second-order valence-corrected chi connectivity index (χ2v) is 8.40. The number of rotatable bonds is 5. The van der Waals surface area contributed by atoms with Crippen molar-refractivity contribution in [3.05, 3.63) is 58.4 Å². The first kappa shape index (κ1) is 20.3. The van der Waals surface area contributed by atoms with E-state index >= 15 is 0 Å². The summed E-state index contributed by atoms with van der Waals surface area (Å²) in [6.07, 6.45) is 0.661. The van der Waals surface area contributed by atoms with Gasteiger partial charge in [0.15, 0.2) is 21.2 Å². The summed E-state index contributed by atoms with van der Waals surface area (Å²) < 4.78 is 33.7. The average molecular weight is 416 g/mol. The van der Waals surface area contributed by atoms with Crippen molar-refractivity contribution in [2.45, 2.75) is 18.2 Å². The lowest BCUT2D eigenvalue weighted by Gasteiger charge is -2.11. The fraction of sp³-hybridized carbons (Fsp3) is 0.150. The van der Waals surface area contributed by atoms with Crippen molar-refractivity contribution in [3.8, 4) is 16.9 Å². The Morgan fingerprint density at radius 3 is 2.31 bits per heavy atom. The van der Waals surface area contributed by atoms with E-state index in [2.05, 4.69) is 0 Å². The van der Waals surface area contributed by atoms with E-state index in [-0.39, 0.29) is 27.4 Å². The van der Waals surface area contributed by atoms with Gasteiger partial charge >= 0.3 is 17.6 Å². The number of esters is 1. The predicted octanol–water partition coefficient (Wildman–Crippen LogP) is 2.42. The third-order valence-corrected chi connectivity index (χ3v) is 5.25. The Labute approximate surface area is 165 Å². The highest BCUT2D eigenvalue weighted by molar-refractivity contribution is 7.90. The van der Waals surface area contributed by atoms with Crippen molar-refractivity contribution in [2.24, 2.45) is 0 Å². The van der Waals surface area contributed by atoms with E-state index in [1.807, 2.05) is 0 Å². The van der Waals surface area contributed by atoms with Crippen molar-refractivity contribution in [3.63, 3.8) is 0 Å². The van der Waals surface area contributed by atoms with Gasteiger partial charge < -0.3 is 14.3 Å². The van der Waals surface area contributed by atoms with E-state index in [1.165, 1.54) is 36.4 Å². The Kier molecular flexibility index (Phi) is 5.25. The maximum atomic E-state index is 12.5. The molecule has 150 valence electrons. The maximum Gasteiger partial charge on any atom is 0.344 e. The smallest absolute Gasteiger partial charge is 0.344 e. The van der Waals surface area contributed by atoms with E-state index < -0.39 is 33.8 Å². The van der Waals surface area contributed by atoms with Crippen LogP contribution in [0, 0.1) is 0 Å². The SMILES string of the molecule is CC(=O)Oc1c(CC(=O)O)ccc2cc(-c3ccc(S(C)(=O)=O)cc3)c(=O)oc12. The molecule has 3 aromatic rings. The molecule has 0 aliphatic heterocycles. The minimum Gasteiger partial charge on any atom is -0.481 e. The Hall–Kier alpha value is -3.46. The molecule has 0 saturated heterocycles. The monoisotopic (exact) mass is 416 g/mol. The summed E-state index contributed by atoms with van der Waals surface area (Å²) in [7, 11) is -3.38. The Balaban J connectivity index is 2.18. The van der Waals surface area contributed by atoms with Crippen LogP contribution in [-0.4, -0.2) is 31.7 Å². The fourth-order valence-corrected chi connectivity index (χ4v) is 3.47. The number of aliphatic carboxylic acids is 1. The largest absolute Gasteiger partial charge is 0.481 e. The van der Waals surface area contributed by atoms with Gasteiger partial charge in [-0.05, 0) is 23.8 Å². The summed E-state index contributed by atoms with van der Waals surface area (Å²) in [4.78, 5) is 35.2. The van der Waals surface area contributed by atoms with Crippen LogP contribution in [0.3, 0.4) is 0 Å². The molecule has 0 radical (unpaired) electrons. The molecule has 2 aromatic carbocycles. The molecule has 3 rings (SSSR count).